The average Bonchev–Trinajstić information content (AvgIpc) is 2.48. The average molecular weight is 278 g/mol. The van der Waals surface area contributed by atoms with Crippen molar-refractivity contribution in [2.45, 2.75) is 39.7 Å². The number of hydrogen-bond donors (Lipinski definition) is 1. The van der Waals surface area contributed by atoms with Crippen LogP contribution in [-0.2, 0) is 6.54 Å². The number of hydrogen-bond acceptors (Lipinski definition) is 4. The van der Waals surface area contributed by atoms with Crippen molar-refractivity contribution in [2.75, 3.05) is 31.1 Å². The Hall–Kier alpha value is -1.36. The van der Waals surface area contributed by atoms with Gasteiger partial charge in [0.15, 0.2) is 5.82 Å². The zero-order valence-corrected chi connectivity index (χ0v) is 12.6. The van der Waals surface area contributed by atoms with Crippen LogP contribution in [0, 0.1) is 5.92 Å². The van der Waals surface area contributed by atoms with Gasteiger partial charge in [-0.2, -0.15) is 0 Å². The van der Waals surface area contributed by atoms with Crippen LogP contribution in [0.15, 0.2) is 17.2 Å². The smallest absolute Gasteiger partial charge is 0.293 e. The highest BCUT2D eigenvalue weighted by atomic mass is 16.1. The van der Waals surface area contributed by atoms with Gasteiger partial charge in [-0.15, -0.1) is 0 Å². The number of nitrogens with one attached hydrogen (secondary N) is 1. The summed E-state index contributed by atoms with van der Waals surface area (Å²) in [6.45, 7) is 8.87. The molecule has 2 rings (SSSR count). The third-order valence-electron chi connectivity index (χ3n) is 3.97. The minimum Gasteiger partial charge on any atom is -0.352 e. The zero-order valence-electron chi connectivity index (χ0n) is 12.6. The van der Waals surface area contributed by atoms with Crippen molar-refractivity contribution in [3.63, 3.8) is 0 Å². The molecule has 5 nitrogen and oxygen atoms in total. The molecule has 1 fully saturated rings. The minimum absolute atomic E-state index is 0.0392. The highest BCUT2D eigenvalue weighted by molar-refractivity contribution is 5.35. The van der Waals surface area contributed by atoms with Gasteiger partial charge in [0.1, 0.15) is 0 Å². The van der Waals surface area contributed by atoms with Gasteiger partial charge in [0.05, 0.1) is 0 Å². The quantitative estimate of drug-likeness (QED) is 0.856. The lowest BCUT2D eigenvalue weighted by atomic mass is 9.97. The van der Waals surface area contributed by atoms with Crippen LogP contribution < -0.4 is 15.8 Å². The topological polar surface area (TPSA) is 50.2 Å². The maximum atomic E-state index is 12.4. The van der Waals surface area contributed by atoms with Crippen molar-refractivity contribution in [1.82, 2.24) is 14.9 Å². The van der Waals surface area contributed by atoms with Crippen molar-refractivity contribution in [3.8, 4) is 0 Å². The van der Waals surface area contributed by atoms with Crippen LogP contribution in [-0.4, -0.2) is 35.7 Å². The van der Waals surface area contributed by atoms with E-state index in [9.17, 15) is 4.79 Å². The van der Waals surface area contributed by atoms with Crippen LogP contribution in [0.2, 0.25) is 0 Å². The fraction of sp³-hybridized carbons (Fsp3) is 0.733. The third kappa shape index (κ3) is 3.60. The van der Waals surface area contributed by atoms with E-state index in [-0.39, 0.29) is 5.56 Å². The first kappa shape index (κ1) is 15.0. The molecule has 1 saturated heterocycles. The van der Waals surface area contributed by atoms with Crippen LogP contribution in [0.5, 0.6) is 0 Å². The Morgan fingerprint density at radius 2 is 2.15 bits per heavy atom. The molecule has 1 aliphatic heterocycles. The van der Waals surface area contributed by atoms with Crippen molar-refractivity contribution >= 4 is 5.82 Å². The summed E-state index contributed by atoms with van der Waals surface area (Å²) in [6.07, 6.45) is 6.92. The van der Waals surface area contributed by atoms with Crippen molar-refractivity contribution < 1.29 is 0 Å². The summed E-state index contributed by atoms with van der Waals surface area (Å²) >= 11 is 0. The van der Waals surface area contributed by atoms with Crippen molar-refractivity contribution in [3.05, 3.63) is 22.7 Å². The standard InChI is InChI=1S/C15H26N4O/c1-3-10-19(12-13-5-7-16-8-6-13)14-15(20)18(4-2)11-9-17-14/h9,11,13,16H,3-8,10,12H2,1-2H3. The van der Waals surface area contributed by atoms with E-state index in [2.05, 4.69) is 22.1 Å². The molecule has 112 valence electrons. The number of aromatic nitrogens is 2. The zero-order chi connectivity index (χ0) is 14.4. The predicted molar refractivity (Wildman–Crippen MR) is 82.3 cm³/mol. The molecule has 0 saturated carbocycles. The Kier molecular flexibility index (Phi) is 5.59. The number of piperidine rings is 1. The van der Waals surface area contributed by atoms with Gasteiger partial charge in [0.25, 0.3) is 5.56 Å². The van der Waals surface area contributed by atoms with Gasteiger partial charge in [-0.3, -0.25) is 4.79 Å². The molecule has 1 aliphatic rings. The maximum Gasteiger partial charge on any atom is 0.293 e. The summed E-state index contributed by atoms with van der Waals surface area (Å²) in [4.78, 5) is 18.9. The number of aryl methyl sites for hydroxylation is 1. The van der Waals surface area contributed by atoms with Crippen molar-refractivity contribution in [1.29, 1.82) is 0 Å². The first-order valence-corrected chi connectivity index (χ1v) is 7.77. The van der Waals surface area contributed by atoms with E-state index in [0.717, 1.165) is 32.6 Å². The predicted octanol–water partition coefficient (Wildman–Crippen LogP) is 1.48. The molecule has 20 heavy (non-hydrogen) atoms. The molecule has 0 amide bonds. The van der Waals surface area contributed by atoms with Gasteiger partial charge in [-0.1, -0.05) is 6.92 Å². The lowest BCUT2D eigenvalue weighted by molar-refractivity contribution is 0.372. The molecular formula is C15H26N4O. The lowest BCUT2D eigenvalue weighted by Gasteiger charge is -2.30. The summed E-state index contributed by atoms with van der Waals surface area (Å²) in [7, 11) is 0. The van der Waals surface area contributed by atoms with Gasteiger partial charge in [0, 0.05) is 32.0 Å². The molecule has 0 radical (unpaired) electrons. The first-order chi connectivity index (χ1) is 9.76. The Morgan fingerprint density at radius 1 is 1.40 bits per heavy atom. The lowest BCUT2D eigenvalue weighted by Crippen LogP contribution is -2.40. The molecule has 0 spiro atoms. The van der Waals surface area contributed by atoms with Crippen LogP contribution in [0.4, 0.5) is 5.82 Å². The SMILES string of the molecule is CCCN(CC1CCNCC1)c1nccn(CC)c1=O. The second-order valence-electron chi connectivity index (χ2n) is 5.48. The largest absolute Gasteiger partial charge is 0.352 e. The molecule has 0 atom stereocenters. The summed E-state index contributed by atoms with van der Waals surface area (Å²) < 4.78 is 1.73. The fourth-order valence-electron chi connectivity index (χ4n) is 2.83. The Bertz CT molecular complexity index is 465. The van der Waals surface area contributed by atoms with E-state index >= 15 is 0 Å². The summed E-state index contributed by atoms with van der Waals surface area (Å²) in [5.74, 6) is 1.29. The van der Waals surface area contributed by atoms with E-state index in [1.807, 2.05) is 6.92 Å². The van der Waals surface area contributed by atoms with Gasteiger partial charge in [-0.25, -0.2) is 4.98 Å². The number of anilines is 1. The van der Waals surface area contributed by atoms with Crippen molar-refractivity contribution in [2.24, 2.45) is 5.92 Å². The highest BCUT2D eigenvalue weighted by Crippen LogP contribution is 2.16. The highest BCUT2D eigenvalue weighted by Gasteiger charge is 2.19. The summed E-state index contributed by atoms with van der Waals surface area (Å²) in [5.41, 5.74) is 0.0392. The minimum atomic E-state index is 0.0392. The van der Waals surface area contributed by atoms with E-state index in [4.69, 9.17) is 0 Å². The first-order valence-electron chi connectivity index (χ1n) is 7.77. The molecule has 0 aliphatic carbocycles. The fourth-order valence-corrected chi connectivity index (χ4v) is 2.83. The van der Waals surface area contributed by atoms with E-state index in [1.54, 1.807) is 17.0 Å². The molecule has 1 aromatic rings. The summed E-state index contributed by atoms with van der Waals surface area (Å²) in [6, 6.07) is 0. The molecule has 2 heterocycles. The summed E-state index contributed by atoms with van der Waals surface area (Å²) in [5, 5.41) is 3.39. The van der Waals surface area contributed by atoms with E-state index in [0.29, 0.717) is 18.3 Å². The molecule has 0 unspecified atom stereocenters. The van der Waals surface area contributed by atoms with Gasteiger partial charge >= 0.3 is 0 Å². The normalized spacial score (nSPS) is 16.3. The van der Waals surface area contributed by atoms with Crippen LogP contribution in [0.3, 0.4) is 0 Å². The maximum absolute atomic E-state index is 12.4. The molecule has 1 N–H and O–H groups in total. The molecule has 0 aromatic carbocycles. The third-order valence-corrected chi connectivity index (χ3v) is 3.97. The van der Waals surface area contributed by atoms with Gasteiger partial charge < -0.3 is 14.8 Å². The molecule has 5 heteroatoms. The van der Waals surface area contributed by atoms with Crippen LogP contribution in [0.1, 0.15) is 33.1 Å². The number of nitrogens with zero attached hydrogens (tertiary/aromatic N) is 3. The monoisotopic (exact) mass is 278 g/mol. The van der Waals surface area contributed by atoms with Gasteiger partial charge in [-0.05, 0) is 45.2 Å². The molecule has 1 aromatic heterocycles. The molecular weight excluding hydrogens is 252 g/mol. The van der Waals surface area contributed by atoms with Gasteiger partial charge in [0.2, 0.25) is 0 Å². The second-order valence-corrected chi connectivity index (χ2v) is 5.48. The Morgan fingerprint density at radius 3 is 2.80 bits per heavy atom. The number of rotatable bonds is 6. The van der Waals surface area contributed by atoms with E-state index in [1.165, 1.54) is 12.8 Å². The Labute approximate surface area is 121 Å². The van der Waals surface area contributed by atoms with Crippen LogP contribution >= 0.6 is 0 Å². The van der Waals surface area contributed by atoms with Crippen LogP contribution in [0.25, 0.3) is 0 Å². The Balaban J connectivity index is 2.17. The molecule has 0 bridgehead atoms. The second kappa shape index (κ2) is 7.43. The van der Waals surface area contributed by atoms with E-state index < -0.39 is 0 Å².